The third kappa shape index (κ3) is 4.97. The third-order valence-corrected chi connectivity index (χ3v) is 6.05. The quantitative estimate of drug-likeness (QED) is 0.563. The van der Waals surface area contributed by atoms with Crippen molar-refractivity contribution in [1.29, 1.82) is 0 Å². The minimum absolute atomic E-state index is 0.0529. The Bertz CT molecular complexity index is 948. The molecule has 3 rings (SSSR count). The van der Waals surface area contributed by atoms with Gasteiger partial charge in [-0.1, -0.05) is 29.8 Å². The number of methoxy groups -OCH3 is 1. The first-order valence-electron chi connectivity index (χ1n) is 10.5. The lowest BCUT2D eigenvalue weighted by molar-refractivity contribution is -0.149. The molecule has 2 aromatic rings. The first-order valence-corrected chi connectivity index (χ1v) is 10.8. The summed E-state index contributed by atoms with van der Waals surface area (Å²) in [6.07, 6.45) is 1.83. The second kappa shape index (κ2) is 9.90. The van der Waals surface area contributed by atoms with E-state index >= 15 is 0 Å². The van der Waals surface area contributed by atoms with Crippen LogP contribution in [0.15, 0.2) is 30.3 Å². The molecule has 0 heterocycles. The number of fused-ring (bicyclic) bond motifs is 1. The van der Waals surface area contributed by atoms with Gasteiger partial charge in [0.15, 0.2) is 0 Å². The van der Waals surface area contributed by atoms with E-state index in [1.807, 2.05) is 6.92 Å². The average Bonchev–Trinajstić information content (AvgIpc) is 3.18. The van der Waals surface area contributed by atoms with Crippen LogP contribution in [0.4, 0.5) is 0 Å². The van der Waals surface area contributed by atoms with E-state index in [9.17, 15) is 9.90 Å². The van der Waals surface area contributed by atoms with Crippen molar-refractivity contribution in [2.45, 2.75) is 51.8 Å². The minimum Gasteiger partial charge on any atom is -0.493 e. The average molecular weight is 448 g/mol. The zero-order valence-electron chi connectivity index (χ0n) is 18.5. The zero-order valence-corrected chi connectivity index (χ0v) is 19.2. The van der Waals surface area contributed by atoms with Crippen LogP contribution in [-0.2, 0) is 22.5 Å². The van der Waals surface area contributed by atoms with Crippen molar-refractivity contribution < 1.29 is 24.1 Å². The Morgan fingerprint density at radius 3 is 2.77 bits per heavy atom. The maximum absolute atomic E-state index is 12.0. The lowest BCUT2D eigenvalue weighted by Gasteiger charge is -2.26. The highest BCUT2D eigenvalue weighted by atomic mass is 35.5. The van der Waals surface area contributed by atoms with Crippen LogP contribution in [0.3, 0.4) is 0 Å². The molecule has 0 radical (unpaired) electrons. The number of aliphatic hydroxyl groups is 1. The normalized spacial score (nSPS) is 17.0. The fraction of sp³-hybridized carbons (Fsp3) is 0.458. The molecule has 2 atom stereocenters. The lowest BCUT2D eigenvalue weighted by atomic mass is 10.0. The van der Waals surface area contributed by atoms with Gasteiger partial charge in [-0.2, -0.15) is 0 Å². The number of rotatable bonds is 9. The van der Waals surface area contributed by atoms with Crippen LogP contribution in [0.2, 0.25) is 5.02 Å². The molecule has 0 aliphatic heterocycles. The Hall–Kier alpha value is -2.28. The molecule has 0 amide bonds. The Kier molecular flexibility index (Phi) is 7.46. The molecule has 6 nitrogen and oxygen atoms in total. The van der Waals surface area contributed by atoms with Gasteiger partial charge in [-0.3, -0.25) is 5.32 Å². The van der Waals surface area contributed by atoms with Crippen molar-refractivity contribution in [2.24, 2.45) is 0 Å². The number of benzene rings is 2. The predicted octanol–water partition coefficient (Wildman–Crippen LogP) is 4.13. The maximum Gasteiger partial charge on any atom is 0.328 e. The van der Waals surface area contributed by atoms with Gasteiger partial charge in [-0.15, -0.1) is 0 Å². The number of aryl methyl sites for hydroxylation is 1. The minimum atomic E-state index is -1.23. The number of hydrogen-bond acceptors (Lipinski definition) is 6. The summed E-state index contributed by atoms with van der Waals surface area (Å²) >= 11 is 6.56. The number of ether oxygens (including phenoxy) is 3. The van der Waals surface area contributed by atoms with Gasteiger partial charge in [0.1, 0.15) is 23.1 Å². The monoisotopic (exact) mass is 447 g/mol. The summed E-state index contributed by atoms with van der Waals surface area (Å²) in [5.41, 5.74) is 3.36. The first kappa shape index (κ1) is 23.4. The van der Waals surface area contributed by atoms with Crippen LogP contribution < -0.4 is 14.8 Å². The summed E-state index contributed by atoms with van der Waals surface area (Å²) in [6.45, 7) is 5.92. The van der Waals surface area contributed by atoms with Crippen molar-refractivity contribution in [3.63, 3.8) is 0 Å². The van der Waals surface area contributed by atoms with Crippen LogP contribution in [0, 0.1) is 6.92 Å². The lowest BCUT2D eigenvalue weighted by Crippen LogP contribution is -2.52. The van der Waals surface area contributed by atoms with Crippen molar-refractivity contribution in [3.05, 3.63) is 57.6 Å². The molecule has 168 valence electrons. The summed E-state index contributed by atoms with van der Waals surface area (Å²) in [4.78, 5) is 12.0. The van der Waals surface area contributed by atoms with E-state index in [-0.39, 0.29) is 12.6 Å². The summed E-state index contributed by atoms with van der Waals surface area (Å²) in [5, 5.41) is 13.2. The van der Waals surface area contributed by atoms with E-state index in [1.165, 1.54) is 23.8 Å². The standard InChI is InChI=1S/C24H30ClNO5/c1-5-30-21-12-22(31-20-10-9-17-15(2)7-6-8-18(17)20)19(25)11-16(21)13-26-24(3,14-27)23(28)29-4/h6-8,11-12,20,26-27H,5,9-10,13-14H2,1-4H3/t20-,24-/m0/s1. The molecule has 2 aromatic carbocycles. The highest BCUT2D eigenvalue weighted by Crippen LogP contribution is 2.40. The zero-order chi connectivity index (χ0) is 22.6. The molecule has 0 saturated heterocycles. The molecule has 7 heteroatoms. The van der Waals surface area contributed by atoms with Gasteiger partial charge in [-0.05, 0) is 56.4 Å². The smallest absolute Gasteiger partial charge is 0.328 e. The van der Waals surface area contributed by atoms with Crippen LogP contribution in [-0.4, -0.2) is 36.9 Å². The highest BCUT2D eigenvalue weighted by molar-refractivity contribution is 6.32. The highest BCUT2D eigenvalue weighted by Gasteiger charge is 2.33. The first-order chi connectivity index (χ1) is 14.8. The summed E-state index contributed by atoms with van der Waals surface area (Å²) in [6, 6.07) is 9.86. The van der Waals surface area contributed by atoms with E-state index in [4.69, 9.17) is 25.8 Å². The number of hydrogen-bond donors (Lipinski definition) is 2. The van der Waals surface area contributed by atoms with Gasteiger partial charge in [-0.25, -0.2) is 4.79 Å². The predicted molar refractivity (Wildman–Crippen MR) is 120 cm³/mol. The van der Waals surface area contributed by atoms with Gasteiger partial charge in [0, 0.05) is 18.2 Å². The van der Waals surface area contributed by atoms with Gasteiger partial charge in [0.25, 0.3) is 0 Å². The molecule has 0 spiro atoms. The Labute approximate surface area is 188 Å². The summed E-state index contributed by atoms with van der Waals surface area (Å²) in [5.74, 6) is 0.627. The summed E-state index contributed by atoms with van der Waals surface area (Å²) in [7, 11) is 1.29. The number of carbonyl (C=O) groups is 1. The van der Waals surface area contributed by atoms with E-state index in [0.717, 1.165) is 18.4 Å². The summed E-state index contributed by atoms with van der Waals surface area (Å²) < 4.78 is 16.9. The SMILES string of the molecule is CCOc1cc(O[C@H]2CCc3c(C)cccc32)c(Cl)cc1CN[C@@](C)(CO)C(=O)OC. The molecule has 0 saturated carbocycles. The molecular weight excluding hydrogens is 418 g/mol. The second-order valence-corrected chi connectivity index (χ2v) is 8.35. The number of halogens is 1. The largest absolute Gasteiger partial charge is 0.493 e. The van der Waals surface area contributed by atoms with Gasteiger partial charge < -0.3 is 19.3 Å². The molecule has 0 unspecified atom stereocenters. The van der Waals surface area contributed by atoms with Gasteiger partial charge >= 0.3 is 5.97 Å². The fourth-order valence-corrected chi connectivity index (χ4v) is 4.11. The third-order valence-electron chi connectivity index (χ3n) is 5.76. The number of nitrogens with one attached hydrogen (secondary N) is 1. The van der Waals surface area contributed by atoms with Crippen LogP contribution in [0.1, 0.15) is 48.6 Å². The van der Waals surface area contributed by atoms with Crippen molar-refractivity contribution >= 4 is 17.6 Å². The van der Waals surface area contributed by atoms with E-state index in [1.54, 1.807) is 19.1 Å². The van der Waals surface area contributed by atoms with Crippen LogP contribution in [0.5, 0.6) is 11.5 Å². The van der Waals surface area contributed by atoms with E-state index < -0.39 is 18.1 Å². The molecule has 0 bridgehead atoms. The maximum atomic E-state index is 12.0. The molecule has 1 aliphatic rings. The molecule has 2 N–H and O–H groups in total. The van der Waals surface area contributed by atoms with Crippen molar-refractivity contribution in [1.82, 2.24) is 5.32 Å². The Balaban J connectivity index is 1.83. The molecule has 0 fully saturated rings. The van der Waals surface area contributed by atoms with Crippen LogP contribution >= 0.6 is 11.6 Å². The molecular formula is C24H30ClNO5. The molecule has 0 aromatic heterocycles. The van der Waals surface area contributed by atoms with Gasteiger partial charge in [0.05, 0.1) is 25.3 Å². The second-order valence-electron chi connectivity index (χ2n) is 7.95. The molecule has 31 heavy (non-hydrogen) atoms. The Morgan fingerprint density at radius 1 is 1.32 bits per heavy atom. The van der Waals surface area contributed by atoms with Gasteiger partial charge in [0.2, 0.25) is 0 Å². The molecule has 1 aliphatic carbocycles. The van der Waals surface area contributed by atoms with Crippen molar-refractivity contribution in [3.8, 4) is 11.5 Å². The Morgan fingerprint density at radius 2 is 2.10 bits per heavy atom. The fourth-order valence-electron chi connectivity index (χ4n) is 3.88. The number of aliphatic hydroxyl groups excluding tert-OH is 1. The van der Waals surface area contributed by atoms with Crippen molar-refractivity contribution in [2.75, 3.05) is 20.3 Å². The number of carbonyl (C=O) groups excluding carboxylic acids is 1. The van der Waals surface area contributed by atoms with E-state index in [2.05, 4.69) is 30.4 Å². The van der Waals surface area contributed by atoms with Crippen LogP contribution in [0.25, 0.3) is 0 Å². The van der Waals surface area contributed by atoms with E-state index in [0.29, 0.717) is 23.1 Å². The topological polar surface area (TPSA) is 77.0 Å². The number of esters is 1.